The van der Waals surface area contributed by atoms with E-state index in [-0.39, 0.29) is 18.2 Å². The highest BCUT2D eigenvalue weighted by atomic mass is 16.6. The molecule has 0 unspecified atom stereocenters. The van der Waals surface area contributed by atoms with Crippen LogP contribution in [-0.4, -0.2) is 40.7 Å². The maximum absolute atomic E-state index is 11.7. The van der Waals surface area contributed by atoms with Crippen molar-refractivity contribution in [2.75, 3.05) is 0 Å². The van der Waals surface area contributed by atoms with Crippen LogP contribution in [0.5, 0.6) is 0 Å². The number of nitrogens with zero attached hydrogens (tertiary/aromatic N) is 2. The molecular weight excluding hydrogens is 280 g/mol. The quantitative estimate of drug-likeness (QED) is 0.618. The maximum Gasteiger partial charge on any atom is 0.407 e. The maximum atomic E-state index is 11.7. The first-order valence-electron chi connectivity index (χ1n) is 7.86. The average Bonchev–Trinajstić information content (AvgIpc) is 2.30. The number of hydrogen-bond acceptors (Lipinski definition) is 3. The lowest BCUT2D eigenvalue weighted by molar-refractivity contribution is 0.0427. The van der Waals surface area contributed by atoms with Crippen LogP contribution in [0.4, 0.5) is 4.79 Å². The van der Waals surface area contributed by atoms with E-state index >= 15 is 0 Å². The standard InChI is InChI=1S/C16H30N4O2/c1-7-8-18-14(17)20(11(2)3)13-9-12(10-13)19-15(21)22-16(4,5)6/h7-8,11-13H,9-10H2,1-6H3,(H2,17,18)(H,19,21)/b8-7+. The molecular formula is C16H30N4O2. The fourth-order valence-electron chi connectivity index (χ4n) is 2.50. The van der Waals surface area contributed by atoms with Gasteiger partial charge in [0.1, 0.15) is 5.60 Å². The van der Waals surface area contributed by atoms with E-state index in [1.165, 1.54) is 0 Å². The fraction of sp³-hybridized carbons (Fsp3) is 0.750. The highest BCUT2D eigenvalue weighted by Gasteiger charge is 2.37. The van der Waals surface area contributed by atoms with Gasteiger partial charge in [-0.05, 0) is 54.4 Å². The Morgan fingerprint density at radius 2 is 2.00 bits per heavy atom. The summed E-state index contributed by atoms with van der Waals surface area (Å²) in [6, 6.07) is 0.700. The molecule has 3 N–H and O–H groups in total. The topological polar surface area (TPSA) is 80.0 Å². The lowest BCUT2D eigenvalue weighted by Gasteiger charge is -2.45. The fourth-order valence-corrected chi connectivity index (χ4v) is 2.50. The number of carbonyl (C=O) groups excluding carboxylic acids is 1. The summed E-state index contributed by atoms with van der Waals surface area (Å²) in [5, 5.41) is 2.90. The van der Waals surface area contributed by atoms with E-state index in [1.54, 1.807) is 6.20 Å². The van der Waals surface area contributed by atoms with Gasteiger partial charge in [-0.15, -0.1) is 0 Å². The minimum atomic E-state index is -0.471. The van der Waals surface area contributed by atoms with Crippen molar-refractivity contribution in [2.24, 2.45) is 10.7 Å². The number of allylic oxidation sites excluding steroid dienone is 1. The van der Waals surface area contributed by atoms with Gasteiger partial charge in [-0.2, -0.15) is 0 Å². The SMILES string of the molecule is C/C=C/N=C(N)N(C(C)C)C1CC(NC(=O)OC(C)(C)C)C1. The van der Waals surface area contributed by atoms with Gasteiger partial charge >= 0.3 is 6.09 Å². The van der Waals surface area contributed by atoms with Gasteiger partial charge in [0, 0.05) is 24.3 Å². The predicted octanol–water partition coefficient (Wildman–Crippen LogP) is 2.60. The van der Waals surface area contributed by atoms with Crippen LogP contribution in [0.3, 0.4) is 0 Å². The van der Waals surface area contributed by atoms with Gasteiger partial charge < -0.3 is 20.7 Å². The molecule has 1 amide bonds. The molecule has 0 saturated heterocycles. The van der Waals surface area contributed by atoms with Crippen LogP contribution in [0, 0.1) is 0 Å². The second kappa shape index (κ2) is 7.51. The van der Waals surface area contributed by atoms with Crippen molar-refractivity contribution in [1.82, 2.24) is 10.2 Å². The summed E-state index contributed by atoms with van der Waals surface area (Å²) in [5.41, 5.74) is 5.59. The molecule has 0 aromatic heterocycles. The second-order valence-electron chi connectivity index (χ2n) is 6.94. The lowest BCUT2D eigenvalue weighted by Crippen LogP contribution is -2.59. The Morgan fingerprint density at radius 1 is 1.41 bits per heavy atom. The molecule has 0 aromatic rings. The van der Waals surface area contributed by atoms with E-state index in [2.05, 4.69) is 29.1 Å². The molecule has 1 rings (SSSR count). The van der Waals surface area contributed by atoms with Gasteiger partial charge in [0.15, 0.2) is 5.96 Å². The summed E-state index contributed by atoms with van der Waals surface area (Å²) in [4.78, 5) is 18.1. The lowest BCUT2D eigenvalue weighted by atomic mass is 9.85. The smallest absolute Gasteiger partial charge is 0.407 e. The third kappa shape index (κ3) is 5.58. The molecule has 0 spiro atoms. The second-order valence-corrected chi connectivity index (χ2v) is 6.94. The number of guanidine groups is 1. The molecule has 0 bridgehead atoms. The van der Waals surface area contributed by atoms with E-state index in [9.17, 15) is 4.79 Å². The van der Waals surface area contributed by atoms with Gasteiger partial charge in [-0.3, -0.25) is 0 Å². The Hall–Kier alpha value is -1.72. The van der Waals surface area contributed by atoms with Crippen LogP contribution in [0.25, 0.3) is 0 Å². The van der Waals surface area contributed by atoms with Crippen molar-refractivity contribution in [3.63, 3.8) is 0 Å². The number of amides is 1. The summed E-state index contributed by atoms with van der Waals surface area (Å²) in [6.07, 6.45) is 4.88. The van der Waals surface area contributed by atoms with Crippen molar-refractivity contribution in [3.05, 3.63) is 12.3 Å². The number of alkyl carbamates (subject to hydrolysis) is 1. The monoisotopic (exact) mass is 310 g/mol. The summed E-state index contributed by atoms with van der Waals surface area (Å²) in [6.45, 7) is 11.7. The molecule has 1 aliphatic carbocycles. The van der Waals surface area contributed by atoms with Crippen molar-refractivity contribution in [3.8, 4) is 0 Å². The number of rotatable bonds is 4. The van der Waals surface area contributed by atoms with Crippen molar-refractivity contribution >= 4 is 12.1 Å². The molecule has 6 nitrogen and oxygen atoms in total. The first-order valence-corrected chi connectivity index (χ1v) is 7.86. The van der Waals surface area contributed by atoms with Crippen molar-refractivity contribution in [2.45, 2.75) is 78.1 Å². The number of nitrogens with two attached hydrogens (primary N) is 1. The van der Waals surface area contributed by atoms with E-state index in [4.69, 9.17) is 10.5 Å². The van der Waals surface area contributed by atoms with Gasteiger partial charge in [0.25, 0.3) is 0 Å². The molecule has 1 fully saturated rings. The number of nitrogens with one attached hydrogen (secondary N) is 1. The minimum absolute atomic E-state index is 0.135. The van der Waals surface area contributed by atoms with Crippen LogP contribution < -0.4 is 11.1 Å². The van der Waals surface area contributed by atoms with E-state index in [0.29, 0.717) is 12.0 Å². The molecule has 22 heavy (non-hydrogen) atoms. The molecule has 1 aliphatic rings. The minimum Gasteiger partial charge on any atom is -0.444 e. The van der Waals surface area contributed by atoms with Gasteiger partial charge in [-0.1, -0.05) is 6.08 Å². The van der Waals surface area contributed by atoms with Crippen LogP contribution in [0.15, 0.2) is 17.3 Å². The molecule has 6 heteroatoms. The predicted molar refractivity (Wildman–Crippen MR) is 89.6 cm³/mol. The molecule has 0 heterocycles. The summed E-state index contributed by atoms with van der Waals surface area (Å²) in [5.74, 6) is 0.522. The zero-order valence-electron chi connectivity index (χ0n) is 14.6. The van der Waals surface area contributed by atoms with Gasteiger partial charge in [0.05, 0.1) is 0 Å². The summed E-state index contributed by atoms with van der Waals surface area (Å²) >= 11 is 0. The first kappa shape index (κ1) is 18.3. The Kier molecular flexibility index (Phi) is 6.26. The zero-order valence-corrected chi connectivity index (χ0v) is 14.6. The first-order chi connectivity index (χ1) is 10.1. The molecule has 126 valence electrons. The van der Waals surface area contributed by atoms with E-state index < -0.39 is 5.60 Å². The molecule has 0 radical (unpaired) electrons. The highest BCUT2D eigenvalue weighted by Crippen LogP contribution is 2.27. The van der Waals surface area contributed by atoms with Crippen LogP contribution >= 0.6 is 0 Å². The molecule has 1 saturated carbocycles. The summed E-state index contributed by atoms with van der Waals surface area (Å²) in [7, 11) is 0. The third-order valence-corrected chi connectivity index (χ3v) is 3.40. The number of ether oxygens (including phenoxy) is 1. The Morgan fingerprint density at radius 3 is 2.45 bits per heavy atom. The van der Waals surface area contributed by atoms with Crippen LogP contribution in [0.2, 0.25) is 0 Å². The number of carbonyl (C=O) groups is 1. The van der Waals surface area contributed by atoms with Crippen LogP contribution in [0.1, 0.15) is 54.4 Å². The van der Waals surface area contributed by atoms with E-state index in [1.807, 2.05) is 33.8 Å². The average molecular weight is 310 g/mol. The third-order valence-electron chi connectivity index (χ3n) is 3.40. The number of hydrogen-bond donors (Lipinski definition) is 2. The van der Waals surface area contributed by atoms with Gasteiger partial charge in [-0.25, -0.2) is 9.79 Å². The number of aliphatic imine (C=N–C) groups is 1. The normalized spacial score (nSPS) is 22.6. The van der Waals surface area contributed by atoms with Crippen molar-refractivity contribution < 1.29 is 9.53 Å². The molecule has 0 aromatic carbocycles. The summed E-state index contributed by atoms with van der Waals surface area (Å²) < 4.78 is 5.27. The van der Waals surface area contributed by atoms with E-state index in [0.717, 1.165) is 12.8 Å². The van der Waals surface area contributed by atoms with Crippen LogP contribution in [-0.2, 0) is 4.74 Å². The van der Waals surface area contributed by atoms with Crippen molar-refractivity contribution in [1.29, 1.82) is 0 Å². The van der Waals surface area contributed by atoms with Gasteiger partial charge in [0.2, 0.25) is 0 Å². The molecule has 0 aliphatic heterocycles. The Bertz CT molecular complexity index is 432. The largest absolute Gasteiger partial charge is 0.444 e. The molecule has 0 atom stereocenters. The Labute approximate surface area is 133 Å². The highest BCUT2D eigenvalue weighted by molar-refractivity contribution is 5.79. The Balaban J connectivity index is 2.52. The zero-order chi connectivity index (χ0) is 16.9.